The number of nitrogens with zero attached hydrogens (tertiary/aromatic N) is 4. The van der Waals surface area contributed by atoms with Crippen LogP contribution in [-0.4, -0.2) is 19.5 Å². The molecule has 0 fully saturated rings. The normalized spacial score (nSPS) is 11.0. The number of fused-ring (bicyclic) bond motifs is 1. The third-order valence-electron chi connectivity index (χ3n) is 5.21. The largest absolute Gasteiger partial charge is 0.364 e. The van der Waals surface area contributed by atoms with Crippen LogP contribution in [0.4, 0.5) is 10.2 Å². The molecule has 0 aliphatic carbocycles. The molecule has 3 aromatic heterocycles. The van der Waals surface area contributed by atoms with Crippen LogP contribution in [0.1, 0.15) is 11.3 Å². The minimum atomic E-state index is -0.365. The Bertz CT molecular complexity index is 1360. The van der Waals surface area contributed by atoms with Crippen LogP contribution in [0.2, 0.25) is 0 Å². The Kier molecular flexibility index (Phi) is 4.88. The molecule has 5 aromatic rings. The molecule has 0 amide bonds. The van der Waals surface area contributed by atoms with Crippen molar-refractivity contribution in [1.82, 2.24) is 19.5 Å². The molecule has 0 aliphatic rings. The average molecular weight is 409 g/mol. The van der Waals surface area contributed by atoms with Gasteiger partial charge >= 0.3 is 0 Å². The van der Waals surface area contributed by atoms with E-state index < -0.39 is 0 Å². The smallest absolute Gasteiger partial charge is 0.173 e. The van der Waals surface area contributed by atoms with Gasteiger partial charge < -0.3 is 9.88 Å². The summed E-state index contributed by atoms with van der Waals surface area (Å²) in [6.45, 7) is 2.43. The van der Waals surface area contributed by atoms with Crippen LogP contribution in [0.25, 0.3) is 27.7 Å². The number of hydrogen-bond acceptors (Lipinski definition) is 4. The van der Waals surface area contributed by atoms with Crippen LogP contribution < -0.4 is 5.32 Å². The summed E-state index contributed by atoms with van der Waals surface area (Å²) in [5, 5.41) is 4.09. The Labute approximate surface area is 179 Å². The van der Waals surface area contributed by atoms with Gasteiger partial charge in [0.05, 0.1) is 17.5 Å². The van der Waals surface area contributed by atoms with Crippen molar-refractivity contribution in [3.05, 3.63) is 103 Å². The number of aromatic nitrogens is 4. The zero-order valence-electron chi connectivity index (χ0n) is 17.0. The van der Waals surface area contributed by atoms with Crippen molar-refractivity contribution >= 4 is 16.7 Å². The molecule has 1 N–H and O–H groups in total. The summed E-state index contributed by atoms with van der Waals surface area (Å²) in [5.41, 5.74) is 5.21. The maximum absolute atomic E-state index is 15.2. The van der Waals surface area contributed by atoms with E-state index >= 15 is 4.39 Å². The van der Waals surface area contributed by atoms with Gasteiger partial charge in [-0.05, 0) is 54.4 Å². The summed E-state index contributed by atoms with van der Waals surface area (Å²) in [4.78, 5) is 12.8. The highest BCUT2D eigenvalue weighted by atomic mass is 19.1. The number of imidazole rings is 1. The van der Waals surface area contributed by atoms with Crippen molar-refractivity contribution in [1.29, 1.82) is 0 Å². The summed E-state index contributed by atoms with van der Waals surface area (Å²) in [5.74, 6) is -0.130. The Morgan fingerprint density at radius 2 is 1.81 bits per heavy atom. The number of aryl methyl sites for hydroxylation is 1. The van der Waals surface area contributed by atoms with Crippen LogP contribution in [0.15, 0.2) is 85.6 Å². The second kappa shape index (κ2) is 7.99. The van der Waals surface area contributed by atoms with Crippen LogP contribution in [0.5, 0.6) is 0 Å². The van der Waals surface area contributed by atoms with Crippen molar-refractivity contribution in [3.8, 4) is 16.8 Å². The van der Waals surface area contributed by atoms with E-state index in [1.54, 1.807) is 24.8 Å². The third-order valence-corrected chi connectivity index (χ3v) is 5.21. The molecule has 5 nitrogen and oxygen atoms in total. The van der Waals surface area contributed by atoms with Crippen LogP contribution in [-0.2, 0) is 6.54 Å². The number of halogens is 1. The first-order valence-electron chi connectivity index (χ1n) is 10.0. The first kappa shape index (κ1) is 18.9. The van der Waals surface area contributed by atoms with Gasteiger partial charge in [0.15, 0.2) is 11.6 Å². The zero-order chi connectivity index (χ0) is 21.2. The SMILES string of the molecule is Cc1cn(-c2ccc(CNc3nccc(-c4ccc5ncccc5c4)c3F)cc2)cn1. The highest BCUT2D eigenvalue weighted by Crippen LogP contribution is 2.28. The molecule has 6 heteroatoms. The van der Waals surface area contributed by atoms with Crippen molar-refractivity contribution in [3.63, 3.8) is 0 Å². The fraction of sp³-hybridized carbons (Fsp3) is 0.0800. The lowest BCUT2D eigenvalue weighted by molar-refractivity contribution is 0.628. The molecule has 0 saturated heterocycles. The van der Waals surface area contributed by atoms with Gasteiger partial charge in [0.1, 0.15) is 0 Å². The van der Waals surface area contributed by atoms with Crippen LogP contribution >= 0.6 is 0 Å². The molecule has 0 spiro atoms. The molecule has 0 bridgehead atoms. The standard InChI is InChI=1S/C25H20FN5/c1-17-15-31(16-30-17)21-7-4-18(5-8-21)14-29-25-24(26)22(10-12-28-25)19-6-9-23-20(13-19)3-2-11-27-23/h2-13,15-16H,14H2,1H3,(H,28,29). The molecule has 0 radical (unpaired) electrons. The highest BCUT2D eigenvalue weighted by Gasteiger charge is 2.12. The van der Waals surface area contributed by atoms with Crippen molar-refractivity contribution in [2.24, 2.45) is 0 Å². The quantitative estimate of drug-likeness (QED) is 0.414. The monoisotopic (exact) mass is 409 g/mol. The molecule has 0 aliphatic heterocycles. The lowest BCUT2D eigenvalue weighted by Crippen LogP contribution is -2.04. The number of nitrogens with one attached hydrogen (secondary N) is 1. The van der Waals surface area contributed by atoms with Gasteiger partial charge in [-0.3, -0.25) is 4.98 Å². The Morgan fingerprint density at radius 1 is 0.935 bits per heavy atom. The molecule has 0 unspecified atom stereocenters. The van der Waals surface area contributed by atoms with E-state index in [4.69, 9.17) is 0 Å². The predicted molar refractivity (Wildman–Crippen MR) is 121 cm³/mol. The van der Waals surface area contributed by atoms with Gasteiger partial charge in [-0.25, -0.2) is 14.4 Å². The van der Waals surface area contributed by atoms with Crippen molar-refractivity contribution < 1.29 is 4.39 Å². The summed E-state index contributed by atoms with van der Waals surface area (Å²) < 4.78 is 17.2. The fourth-order valence-corrected chi connectivity index (χ4v) is 3.57. The third kappa shape index (κ3) is 3.88. The number of benzene rings is 2. The average Bonchev–Trinajstić information content (AvgIpc) is 3.25. The molecule has 3 heterocycles. The molecular weight excluding hydrogens is 389 g/mol. The molecule has 0 atom stereocenters. The van der Waals surface area contributed by atoms with Crippen molar-refractivity contribution in [2.45, 2.75) is 13.5 Å². The highest BCUT2D eigenvalue weighted by molar-refractivity contribution is 5.84. The van der Waals surface area contributed by atoms with Gasteiger partial charge in [-0.15, -0.1) is 0 Å². The topological polar surface area (TPSA) is 55.6 Å². The number of anilines is 1. The van der Waals surface area contributed by atoms with E-state index in [0.717, 1.165) is 33.4 Å². The molecule has 0 saturated carbocycles. The maximum atomic E-state index is 15.2. The number of rotatable bonds is 5. The second-order valence-electron chi connectivity index (χ2n) is 7.37. The van der Waals surface area contributed by atoms with Gasteiger partial charge in [0.25, 0.3) is 0 Å². The minimum Gasteiger partial charge on any atom is -0.364 e. The first-order chi connectivity index (χ1) is 15.2. The molecule has 5 rings (SSSR count). The van der Waals surface area contributed by atoms with Gasteiger partial charge in [0.2, 0.25) is 0 Å². The molecule has 2 aromatic carbocycles. The van der Waals surface area contributed by atoms with E-state index in [1.165, 1.54) is 0 Å². The number of pyridine rings is 2. The predicted octanol–water partition coefficient (Wildman–Crippen LogP) is 5.54. The second-order valence-corrected chi connectivity index (χ2v) is 7.37. The van der Waals surface area contributed by atoms with E-state index in [2.05, 4.69) is 20.3 Å². The molecular formula is C25H20FN5. The van der Waals surface area contributed by atoms with Gasteiger partial charge in [-0.1, -0.05) is 24.3 Å². The molecule has 31 heavy (non-hydrogen) atoms. The first-order valence-corrected chi connectivity index (χ1v) is 10.0. The van der Waals surface area contributed by atoms with E-state index in [0.29, 0.717) is 12.1 Å². The summed E-state index contributed by atoms with van der Waals surface area (Å²) >= 11 is 0. The van der Waals surface area contributed by atoms with Crippen LogP contribution in [0.3, 0.4) is 0 Å². The van der Waals surface area contributed by atoms with E-state index in [-0.39, 0.29) is 11.6 Å². The Balaban J connectivity index is 1.35. The van der Waals surface area contributed by atoms with Gasteiger partial charge in [-0.2, -0.15) is 0 Å². The minimum absolute atomic E-state index is 0.234. The summed E-state index contributed by atoms with van der Waals surface area (Å²) in [6, 6.07) is 19.3. The van der Waals surface area contributed by atoms with Crippen LogP contribution in [0, 0.1) is 12.7 Å². The Morgan fingerprint density at radius 3 is 2.61 bits per heavy atom. The number of hydrogen-bond donors (Lipinski definition) is 1. The van der Waals surface area contributed by atoms with Gasteiger partial charge in [0, 0.05) is 41.8 Å². The van der Waals surface area contributed by atoms with Crippen molar-refractivity contribution in [2.75, 3.05) is 5.32 Å². The molecule has 152 valence electrons. The lowest BCUT2D eigenvalue weighted by Gasteiger charge is -2.11. The lowest BCUT2D eigenvalue weighted by atomic mass is 10.0. The summed E-state index contributed by atoms with van der Waals surface area (Å²) in [7, 11) is 0. The van der Waals surface area contributed by atoms with E-state index in [9.17, 15) is 0 Å². The Hall–Kier alpha value is -4.06. The zero-order valence-corrected chi connectivity index (χ0v) is 17.0. The van der Waals surface area contributed by atoms with E-state index in [1.807, 2.05) is 72.3 Å². The maximum Gasteiger partial charge on any atom is 0.173 e. The fourth-order valence-electron chi connectivity index (χ4n) is 3.57. The summed E-state index contributed by atoms with van der Waals surface area (Å²) in [6.07, 6.45) is 7.13.